The Bertz CT molecular complexity index is 1290. The van der Waals surface area contributed by atoms with E-state index < -0.39 is 6.10 Å². The van der Waals surface area contributed by atoms with E-state index in [4.69, 9.17) is 14.2 Å². The maximum absolute atomic E-state index is 13.0. The van der Waals surface area contributed by atoms with Gasteiger partial charge in [-0.05, 0) is 57.8 Å². The molecule has 6 nitrogen and oxygen atoms in total. The van der Waals surface area contributed by atoms with E-state index in [0.717, 1.165) is 77.0 Å². The largest absolute Gasteiger partial charge is 0.462 e. The van der Waals surface area contributed by atoms with Gasteiger partial charge in [-0.2, -0.15) is 0 Å². The zero-order valence-electron chi connectivity index (χ0n) is 52.0. The van der Waals surface area contributed by atoms with Crippen molar-refractivity contribution in [3.05, 3.63) is 36.5 Å². The lowest BCUT2D eigenvalue weighted by atomic mass is 10.0. The Morgan fingerprint density at radius 3 is 0.727 bits per heavy atom. The molecule has 0 saturated carbocycles. The van der Waals surface area contributed by atoms with Gasteiger partial charge in [0.1, 0.15) is 13.2 Å². The predicted octanol–water partition coefficient (Wildman–Crippen LogP) is 23.6. The molecule has 0 aromatic heterocycles. The highest BCUT2D eigenvalue weighted by atomic mass is 16.6. The highest BCUT2D eigenvalue weighted by molar-refractivity contribution is 5.71. The first kappa shape index (κ1) is 74.6. The summed E-state index contributed by atoms with van der Waals surface area (Å²) in [7, 11) is 0. The third-order valence-electron chi connectivity index (χ3n) is 15.6. The van der Waals surface area contributed by atoms with E-state index in [1.807, 2.05) is 0 Å². The number of carbonyl (C=O) groups excluding carboxylic acids is 3. The third-order valence-corrected chi connectivity index (χ3v) is 15.6. The van der Waals surface area contributed by atoms with Crippen LogP contribution in [-0.2, 0) is 28.6 Å². The molecule has 0 aromatic carbocycles. The molecular weight excluding hydrogens is 949 g/mol. The van der Waals surface area contributed by atoms with E-state index in [9.17, 15) is 14.4 Å². The van der Waals surface area contributed by atoms with Gasteiger partial charge < -0.3 is 14.2 Å². The maximum atomic E-state index is 13.0. The zero-order valence-corrected chi connectivity index (χ0v) is 52.0. The molecule has 0 aromatic rings. The molecular formula is C71H132O6. The first-order valence-corrected chi connectivity index (χ1v) is 34.5. The van der Waals surface area contributed by atoms with Crippen molar-refractivity contribution in [2.45, 2.75) is 386 Å². The topological polar surface area (TPSA) is 78.9 Å². The van der Waals surface area contributed by atoms with Crippen LogP contribution in [0.1, 0.15) is 380 Å². The SMILES string of the molecule is CCCCCCC/C=C\C/C=C\C/C=C\CCCCCCCCC(=O)OCC(COC(=O)CCCCCCCCCCCCCCCCCCCC)OC(=O)CCCCCCCCCCCCCCCCCCCCCC. The lowest BCUT2D eigenvalue weighted by Gasteiger charge is -2.18. The molecule has 0 rings (SSSR count). The first-order valence-electron chi connectivity index (χ1n) is 34.5. The van der Waals surface area contributed by atoms with Gasteiger partial charge in [0.2, 0.25) is 0 Å². The van der Waals surface area contributed by atoms with E-state index >= 15 is 0 Å². The lowest BCUT2D eigenvalue weighted by molar-refractivity contribution is -0.167. The van der Waals surface area contributed by atoms with Gasteiger partial charge in [-0.3, -0.25) is 14.4 Å². The maximum Gasteiger partial charge on any atom is 0.306 e. The Hall–Kier alpha value is -2.37. The molecule has 0 spiro atoms. The zero-order chi connectivity index (χ0) is 55.7. The molecule has 0 heterocycles. The second kappa shape index (κ2) is 66.1. The normalized spacial score (nSPS) is 12.2. The number of rotatable bonds is 64. The van der Waals surface area contributed by atoms with Crippen LogP contribution in [0, 0.1) is 0 Å². The molecule has 0 amide bonds. The summed E-state index contributed by atoms with van der Waals surface area (Å²) in [6, 6.07) is 0. The fourth-order valence-electron chi connectivity index (χ4n) is 10.5. The summed E-state index contributed by atoms with van der Waals surface area (Å²) in [4.78, 5) is 38.4. The molecule has 0 radical (unpaired) electrons. The van der Waals surface area contributed by atoms with Crippen LogP contribution in [0.15, 0.2) is 36.5 Å². The molecule has 6 heteroatoms. The van der Waals surface area contributed by atoms with Crippen molar-refractivity contribution in [2.24, 2.45) is 0 Å². The van der Waals surface area contributed by atoms with Gasteiger partial charge in [0.25, 0.3) is 0 Å². The molecule has 1 atom stereocenters. The molecule has 0 aliphatic heterocycles. The van der Waals surface area contributed by atoms with Crippen LogP contribution in [-0.4, -0.2) is 37.2 Å². The second-order valence-corrected chi connectivity index (χ2v) is 23.5. The number of carbonyl (C=O) groups is 3. The van der Waals surface area contributed by atoms with Crippen LogP contribution in [0.2, 0.25) is 0 Å². The number of allylic oxidation sites excluding steroid dienone is 6. The van der Waals surface area contributed by atoms with Crippen LogP contribution < -0.4 is 0 Å². The lowest BCUT2D eigenvalue weighted by Crippen LogP contribution is -2.30. The van der Waals surface area contributed by atoms with Gasteiger partial charge in [0, 0.05) is 19.3 Å². The van der Waals surface area contributed by atoms with Gasteiger partial charge in [0.15, 0.2) is 6.10 Å². The van der Waals surface area contributed by atoms with Crippen molar-refractivity contribution >= 4 is 17.9 Å². The van der Waals surface area contributed by atoms with Crippen LogP contribution >= 0.6 is 0 Å². The fourth-order valence-corrected chi connectivity index (χ4v) is 10.5. The molecule has 1 unspecified atom stereocenters. The quantitative estimate of drug-likeness (QED) is 0.0261. The molecule has 0 aliphatic carbocycles. The van der Waals surface area contributed by atoms with Gasteiger partial charge >= 0.3 is 17.9 Å². The highest BCUT2D eigenvalue weighted by Crippen LogP contribution is 2.18. The molecule has 0 aliphatic rings. The minimum Gasteiger partial charge on any atom is -0.462 e. The number of hydrogen-bond acceptors (Lipinski definition) is 6. The summed E-state index contributed by atoms with van der Waals surface area (Å²) in [5.41, 5.74) is 0. The van der Waals surface area contributed by atoms with Gasteiger partial charge in [-0.15, -0.1) is 0 Å². The molecule has 0 bridgehead atoms. The van der Waals surface area contributed by atoms with Crippen LogP contribution in [0.3, 0.4) is 0 Å². The molecule has 0 fully saturated rings. The Morgan fingerprint density at radius 1 is 0.260 bits per heavy atom. The summed E-state index contributed by atoms with van der Waals surface area (Å²) in [6.07, 6.45) is 81.6. The highest BCUT2D eigenvalue weighted by Gasteiger charge is 2.19. The minimum absolute atomic E-state index is 0.0704. The van der Waals surface area contributed by atoms with Crippen LogP contribution in [0.5, 0.6) is 0 Å². The second-order valence-electron chi connectivity index (χ2n) is 23.5. The number of esters is 3. The number of hydrogen-bond donors (Lipinski definition) is 0. The molecule has 452 valence electrons. The Labute approximate surface area is 480 Å². The Morgan fingerprint density at radius 2 is 0.468 bits per heavy atom. The third kappa shape index (κ3) is 64.3. The van der Waals surface area contributed by atoms with Crippen LogP contribution in [0.4, 0.5) is 0 Å². The van der Waals surface area contributed by atoms with E-state index in [1.165, 1.54) is 263 Å². The van der Waals surface area contributed by atoms with Crippen molar-refractivity contribution in [1.29, 1.82) is 0 Å². The number of ether oxygens (including phenoxy) is 3. The summed E-state index contributed by atoms with van der Waals surface area (Å²) < 4.78 is 17.0. The Balaban J connectivity index is 4.34. The summed E-state index contributed by atoms with van der Waals surface area (Å²) in [5, 5.41) is 0. The standard InChI is InChI=1S/C71H132O6/c1-4-7-10-13-16-19-22-25-28-31-34-36-38-40-43-46-49-52-55-58-61-64-70(73)76-67-68(66-75-69(72)63-60-57-54-51-48-45-42-39-33-30-27-24-21-18-15-12-9-6-3)77-71(74)65-62-59-56-53-50-47-44-41-37-35-32-29-26-23-20-17-14-11-8-5-2/h22,25,31,34,38,40,68H,4-21,23-24,26-30,32-33,35-37,39,41-67H2,1-3H3/b25-22-,34-31-,40-38-. The smallest absolute Gasteiger partial charge is 0.306 e. The monoisotopic (exact) mass is 1080 g/mol. The van der Waals surface area contributed by atoms with E-state index in [1.54, 1.807) is 0 Å². The van der Waals surface area contributed by atoms with E-state index in [2.05, 4.69) is 57.2 Å². The first-order chi connectivity index (χ1) is 38.0. The predicted molar refractivity (Wildman–Crippen MR) is 335 cm³/mol. The average Bonchev–Trinajstić information content (AvgIpc) is 3.43. The fraction of sp³-hybridized carbons (Fsp3) is 0.873. The van der Waals surface area contributed by atoms with Crippen molar-refractivity contribution in [3.63, 3.8) is 0 Å². The summed E-state index contributed by atoms with van der Waals surface area (Å²) in [5.74, 6) is -0.853. The summed E-state index contributed by atoms with van der Waals surface area (Å²) in [6.45, 7) is 6.70. The molecule has 77 heavy (non-hydrogen) atoms. The Kier molecular flexibility index (Phi) is 64.1. The molecule has 0 saturated heterocycles. The van der Waals surface area contributed by atoms with Gasteiger partial charge in [0.05, 0.1) is 0 Å². The van der Waals surface area contributed by atoms with Gasteiger partial charge in [-0.25, -0.2) is 0 Å². The minimum atomic E-state index is -0.775. The van der Waals surface area contributed by atoms with Crippen molar-refractivity contribution in [3.8, 4) is 0 Å². The van der Waals surface area contributed by atoms with Crippen molar-refractivity contribution in [2.75, 3.05) is 13.2 Å². The van der Waals surface area contributed by atoms with Gasteiger partial charge in [-0.1, -0.05) is 340 Å². The van der Waals surface area contributed by atoms with Crippen LogP contribution in [0.25, 0.3) is 0 Å². The average molecular weight is 1080 g/mol. The van der Waals surface area contributed by atoms with Crippen molar-refractivity contribution < 1.29 is 28.6 Å². The van der Waals surface area contributed by atoms with Crippen molar-refractivity contribution in [1.82, 2.24) is 0 Å². The molecule has 0 N–H and O–H groups in total. The summed E-state index contributed by atoms with van der Waals surface area (Å²) >= 11 is 0. The number of unbranched alkanes of at least 4 members (excludes halogenated alkanes) is 47. The van der Waals surface area contributed by atoms with E-state index in [0.29, 0.717) is 19.3 Å². The van der Waals surface area contributed by atoms with E-state index in [-0.39, 0.29) is 31.1 Å².